The third-order valence-electron chi connectivity index (χ3n) is 11.0. The molecule has 0 spiro atoms. The van der Waals surface area contributed by atoms with Crippen molar-refractivity contribution in [3.05, 3.63) is 186 Å². The van der Waals surface area contributed by atoms with Crippen LogP contribution >= 0.6 is 11.8 Å². The highest BCUT2D eigenvalue weighted by Gasteiger charge is 2.28. The van der Waals surface area contributed by atoms with Crippen molar-refractivity contribution in [3.8, 4) is 27.9 Å². The molecule has 2 aromatic heterocycles. The van der Waals surface area contributed by atoms with Crippen molar-refractivity contribution in [3.63, 3.8) is 0 Å². The maximum atomic E-state index is 6.36. The molecule has 1 N–H and O–H groups in total. The van der Waals surface area contributed by atoms with Crippen molar-refractivity contribution in [1.29, 1.82) is 0 Å². The Hall–Kier alpha value is -6.23. The molecule has 1 aliphatic carbocycles. The number of furan rings is 1. The fourth-order valence-corrected chi connectivity index (χ4v) is 9.68. The number of hydrogen-bond donors (Lipinski definition) is 1. The van der Waals surface area contributed by atoms with E-state index in [4.69, 9.17) is 4.42 Å². The van der Waals surface area contributed by atoms with Gasteiger partial charge in [0.1, 0.15) is 16.5 Å². The summed E-state index contributed by atoms with van der Waals surface area (Å²) in [4.78, 5) is 1.25. The Balaban J connectivity index is 0.968. The number of thioether (sulfide) groups is 1. The minimum atomic E-state index is 0.104. The zero-order valence-corrected chi connectivity index (χ0v) is 29.7. The molecule has 1 atom stereocenters. The minimum Gasteiger partial charge on any atom is -0.456 e. The van der Waals surface area contributed by atoms with E-state index in [1.807, 2.05) is 11.8 Å². The molecule has 2 aliphatic rings. The second kappa shape index (κ2) is 12.2. The minimum absolute atomic E-state index is 0.104. The standard InChI is InChI=1S/C49H34N2OS/c1-4-10-31(11-5-1)35-18-24-43-39(28-35)40-29-36(32-12-6-2-7-13-32)19-25-44(40)51(43)38-21-16-34(17-22-38)49-50-42-23-27-46-47(48(42)53-49)41-30-37(20-26-45(41)52-46)33-14-8-3-9-15-33/h1-18,20-24,26-30,49-50H,19,25H2. The molecule has 0 saturated carbocycles. The van der Waals surface area contributed by atoms with E-state index in [0.717, 1.165) is 35.1 Å². The van der Waals surface area contributed by atoms with Crippen LogP contribution < -0.4 is 5.32 Å². The summed E-state index contributed by atoms with van der Waals surface area (Å²) in [6, 6.07) is 59.1. The molecule has 0 amide bonds. The summed E-state index contributed by atoms with van der Waals surface area (Å²) >= 11 is 1.88. The first-order chi connectivity index (χ1) is 26.2. The predicted octanol–water partition coefficient (Wildman–Crippen LogP) is 13.6. The maximum absolute atomic E-state index is 6.36. The van der Waals surface area contributed by atoms with Gasteiger partial charge in [0.15, 0.2) is 0 Å². The van der Waals surface area contributed by atoms with E-state index in [0.29, 0.717) is 0 Å². The van der Waals surface area contributed by atoms with Gasteiger partial charge in [0.25, 0.3) is 0 Å². The topological polar surface area (TPSA) is 30.1 Å². The fourth-order valence-electron chi connectivity index (χ4n) is 8.38. The average Bonchev–Trinajstić information content (AvgIpc) is 3.93. The molecule has 9 aromatic rings. The van der Waals surface area contributed by atoms with Crippen molar-refractivity contribution in [2.75, 3.05) is 5.32 Å². The van der Waals surface area contributed by atoms with Gasteiger partial charge in [-0.1, -0.05) is 127 Å². The lowest BCUT2D eigenvalue weighted by atomic mass is 9.91. The van der Waals surface area contributed by atoms with Crippen LogP contribution in [0.25, 0.3) is 72.4 Å². The van der Waals surface area contributed by atoms with E-state index in [9.17, 15) is 0 Å². The number of rotatable bonds is 5. The van der Waals surface area contributed by atoms with Gasteiger partial charge in [-0.3, -0.25) is 0 Å². The van der Waals surface area contributed by atoms with Gasteiger partial charge in [-0.2, -0.15) is 0 Å². The third-order valence-corrected chi connectivity index (χ3v) is 12.3. The Labute approximate surface area is 312 Å². The summed E-state index contributed by atoms with van der Waals surface area (Å²) in [5.41, 5.74) is 17.0. The summed E-state index contributed by atoms with van der Waals surface area (Å²) in [5, 5.41) is 7.58. The Morgan fingerprint density at radius 2 is 1.21 bits per heavy atom. The number of nitrogens with one attached hydrogen (secondary N) is 1. The number of benzene rings is 7. The van der Waals surface area contributed by atoms with E-state index in [1.165, 1.54) is 77.1 Å². The number of hydrogen-bond acceptors (Lipinski definition) is 3. The third kappa shape index (κ3) is 5.05. The van der Waals surface area contributed by atoms with Crippen LogP contribution in [0.3, 0.4) is 0 Å². The Morgan fingerprint density at radius 1 is 0.566 bits per heavy atom. The largest absolute Gasteiger partial charge is 0.456 e. The quantitative estimate of drug-likeness (QED) is 0.194. The molecule has 252 valence electrons. The molecule has 1 unspecified atom stereocenters. The summed E-state index contributed by atoms with van der Waals surface area (Å²) in [5.74, 6) is 0. The molecule has 7 aromatic carbocycles. The summed E-state index contributed by atoms with van der Waals surface area (Å²) < 4.78 is 8.86. The average molecular weight is 699 g/mol. The monoisotopic (exact) mass is 698 g/mol. The summed E-state index contributed by atoms with van der Waals surface area (Å²) in [6.45, 7) is 0. The second-order valence-corrected chi connectivity index (χ2v) is 15.2. The number of anilines is 1. The molecule has 53 heavy (non-hydrogen) atoms. The molecule has 0 fully saturated rings. The van der Waals surface area contributed by atoms with Gasteiger partial charge >= 0.3 is 0 Å². The van der Waals surface area contributed by atoms with Crippen LogP contribution in [-0.4, -0.2) is 4.57 Å². The van der Waals surface area contributed by atoms with Crippen LogP contribution in [0.2, 0.25) is 0 Å². The first-order valence-corrected chi connectivity index (χ1v) is 19.2. The number of allylic oxidation sites excluding steroid dienone is 1. The van der Waals surface area contributed by atoms with Crippen molar-refractivity contribution < 1.29 is 4.42 Å². The van der Waals surface area contributed by atoms with Crippen LogP contribution in [-0.2, 0) is 6.42 Å². The Bertz CT molecular complexity index is 2870. The molecule has 3 nitrogen and oxygen atoms in total. The SMILES string of the molecule is C1=C(c2ccccc2)CCc2c1c1cc(-c3ccccc3)ccc1n2-c1ccc(C2Nc3ccc4oc5ccc(-c6ccccc6)cc5c4c3S2)cc1. The lowest BCUT2D eigenvalue weighted by Crippen LogP contribution is -2.06. The van der Waals surface area contributed by atoms with Crippen LogP contribution in [0.15, 0.2) is 173 Å². The van der Waals surface area contributed by atoms with Crippen molar-refractivity contribution in [2.45, 2.75) is 23.1 Å². The van der Waals surface area contributed by atoms with Gasteiger partial charge in [0.05, 0.1) is 5.52 Å². The van der Waals surface area contributed by atoms with Gasteiger partial charge in [0, 0.05) is 43.7 Å². The van der Waals surface area contributed by atoms with Crippen LogP contribution in [0, 0.1) is 0 Å². The van der Waals surface area contributed by atoms with Gasteiger partial charge in [-0.05, 0) is 106 Å². The van der Waals surface area contributed by atoms with Crippen LogP contribution in [0.1, 0.15) is 34.2 Å². The second-order valence-electron chi connectivity index (χ2n) is 14.1. The van der Waals surface area contributed by atoms with Crippen LogP contribution in [0.4, 0.5) is 5.69 Å². The van der Waals surface area contributed by atoms with Crippen molar-refractivity contribution in [2.24, 2.45) is 0 Å². The lowest BCUT2D eigenvalue weighted by molar-refractivity contribution is 0.668. The van der Waals surface area contributed by atoms with E-state index in [-0.39, 0.29) is 5.37 Å². The van der Waals surface area contributed by atoms with E-state index < -0.39 is 0 Å². The van der Waals surface area contributed by atoms with Gasteiger partial charge < -0.3 is 14.3 Å². The summed E-state index contributed by atoms with van der Waals surface area (Å²) in [7, 11) is 0. The van der Waals surface area contributed by atoms with E-state index >= 15 is 0 Å². The molecular formula is C49H34N2OS. The number of nitrogens with zero attached hydrogens (tertiary/aromatic N) is 1. The zero-order valence-electron chi connectivity index (χ0n) is 28.9. The van der Waals surface area contributed by atoms with Crippen molar-refractivity contribution in [1.82, 2.24) is 4.57 Å². The first-order valence-electron chi connectivity index (χ1n) is 18.3. The Kier molecular flexibility index (Phi) is 6.99. The molecule has 0 radical (unpaired) electrons. The number of aromatic nitrogens is 1. The van der Waals surface area contributed by atoms with Crippen LogP contribution in [0.5, 0.6) is 0 Å². The zero-order chi connectivity index (χ0) is 34.9. The molecule has 11 rings (SSSR count). The first kappa shape index (κ1) is 30.4. The number of fused-ring (bicyclic) bond motifs is 8. The van der Waals surface area contributed by atoms with Gasteiger partial charge in [0.2, 0.25) is 0 Å². The highest BCUT2D eigenvalue weighted by Crippen LogP contribution is 2.52. The van der Waals surface area contributed by atoms with Gasteiger partial charge in [-0.25, -0.2) is 0 Å². The highest BCUT2D eigenvalue weighted by molar-refractivity contribution is 8.00. The smallest absolute Gasteiger partial charge is 0.136 e. The molecule has 1 aliphatic heterocycles. The predicted molar refractivity (Wildman–Crippen MR) is 223 cm³/mol. The van der Waals surface area contributed by atoms with E-state index in [1.54, 1.807) is 0 Å². The van der Waals surface area contributed by atoms with E-state index in [2.05, 4.69) is 180 Å². The lowest BCUT2D eigenvalue weighted by Gasteiger charge is -2.18. The van der Waals surface area contributed by atoms with Gasteiger partial charge in [-0.15, -0.1) is 0 Å². The fraction of sp³-hybridized carbons (Fsp3) is 0.0612. The van der Waals surface area contributed by atoms with Crippen molar-refractivity contribution >= 4 is 61.9 Å². The Morgan fingerprint density at radius 3 is 1.92 bits per heavy atom. The molecule has 0 bridgehead atoms. The molecular weight excluding hydrogens is 665 g/mol. The molecule has 0 saturated heterocycles. The highest BCUT2D eigenvalue weighted by atomic mass is 32.2. The molecule has 3 heterocycles. The summed E-state index contributed by atoms with van der Waals surface area (Å²) in [6.07, 6.45) is 4.45. The molecule has 4 heteroatoms. The normalized spacial score (nSPS) is 15.0. The maximum Gasteiger partial charge on any atom is 0.136 e.